The minimum atomic E-state index is -0.933. The fourth-order valence-corrected chi connectivity index (χ4v) is 2.93. The third kappa shape index (κ3) is 3.97. The van der Waals surface area contributed by atoms with Crippen molar-refractivity contribution in [3.8, 4) is 5.75 Å². The Hall–Kier alpha value is -2.04. The first-order valence-corrected chi connectivity index (χ1v) is 7.34. The van der Waals surface area contributed by atoms with Gasteiger partial charge in [0, 0.05) is 12.1 Å². The molecule has 1 aliphatic rings. The van der Waals surface area contributed by atoms with Crippen LogP contribution in [0.3, 0.4) is 0 Å². The number of amides is 1. The van der Waals surface area contributed by atoms with Gasteiger partial charge in [-0.15, -0.1) is 0 Å². The number of carboxylic acid groups (broad SMARTS) is 1. The number of hydrogen-bond donors (Lipinski definition) is 3. The van der Waals surface area contributed by atoms with Crippen LogP contribution in [-0.4, -0.2) is 22.1 Å². The number of anilines is 1. The molecule has 1 aliphatic carbocycles. The van der Waals surface area contributed by atoms with Crippen LogP contribution >= 0.6 is 0 Å². The van der Waals surface area contributed by atoms with Crippen LogP contribution in [0.5, 0.6) is 5.75 Å². The summed E-state index contributed by atoms with van der Waals surface area (Å²) in [5.74, 6) is -1.03. The highest BCUT2D eigenvalue weighted by Gasteiger charge is 2.40. The molecule has 3 N–H and O–H groups in total. The summed E-state index contributed by atoms with van der Waals surface area (Å²) in [6.45, 7) is 0. The monoisotopic (exact) mass is 291 g/mol. The molecule has 0 aliphatic heterocycles. The van der Waals surface area contributed by atoms with E-state index in [2.05, 4.69) is 5.32 Å². The van der Waals surface area contributed by atoms with Crippen molar-refractivity contribution in [1.82, 2.24) is 0 Å². The van der Waals surface area contributed by atoms with Crippen molar-refractivity contribution in [2.24, 2.45) is 5.41 Å². The second-order valence-corrected chi connectivity index (χ2v) is 5.77. The van der Waals surface area contributed by atoms with Crippen LogP contribution in [0.4, 0.5) is 5.69 Å². The Labute approximate surface area is 124 Å². The Morgan fingerprint density at radius 3 is 2.14 bits per heavy atom. The zero-order valence-corrected chi connectivity index (χ0v) is 12.0. The molecule has 0 radical (unpaired) electrons. The molecule has 1 amide bonds. The topological polar surface area (TPSA) is 86.6 Å². The second kappa shape index (κ2) is 6.61. The molecule has 0 bridgehead atoms. The van der Waals surface area contributed by atoms with Crippen molar-refractivity contribution in [2.75, 3.05) is 5.32 Å². The molecule has 0 spiro atoms. The number of benzene rings is 1. The van der Waals surface area contributed by atoms with Gasteiger partial charge in [0.2, 0.25) is 5.91 Å². The zero-order valence-electron chi connectivity index (χ0n) is 12.0. The molecule has 0 saturated heterocycles. The van der Waals surface area contributed by atoms with E-state index in [1.807, 2.05) is 0 Å². The van der Waals surface area contributed by atoms with Crippen LogP contribution in [0.15, 0.2) is 24.3 Å². The molecule has 1 aromatic rings. The van der Waals surface area contributed by atoms with E-state index in [1.54, 1.807) is 12.1 Å². The third-order valence-corrected chi connectivity index (χ3v) is 4.16. The molecular weight excluding hydrogens is 270 g/mol. The number of nitrogens with one attached hydrogen (secondary N) is 1. The van der Waals surface area contributed by atoms with Gasteiger partial charge in [0.05, 0.1) is 5.41 Å². The van der Waals surface area contributed by atoms with E-state index in [9.17, 15) is 19.8 Å². The lowest BCUT2D eigenvalue weighted by atomic mass is 9.77. The predicted molar refractivity (Wildman–Crippen MR) is 79.1 cm³/mol. The highest BCUT2D eigenvalue weighted by Crippen LogP contribution is 2.38. The fourth-order valence-electron chi connectivity index (χ4n) is 2.93. The van der Waals surface area contributed by atoms with E-state index >= 15 is 0 Å². The van der Waals surface area contributed by atoms with Crippen LogP contribution in [0.25, 0.3) is 0 Å². The highest BCUT2D eigenvalue weighted by atomic mass is 16.4. The first kappa shape index (κ1) is 15.4. The van der Waals surface area contributed by atoms with Gasteiger partial charge in [-0.1, -0.05) is 25.7 Å². The van der Waals surface area contributed by atoms with E-state index < -0.39 is 11.4 Å². The Bertz CT molecular complexity index is 502. The minimum absolute atomic E-state index is 0.00318. The number of hydrogen-bond acceptors (Lipinski definition) is 3. The van der Waals surface area contributed by atoms with Gasteiger partial charge in [0.1, 0.15) is 5.75 Å². The van der Waals surface area contributed by atoms with E-state index in [0.29, 0.717) is 18.5 Å². The minimum Gasteiger partial charge on any atom is -0.508 e. The maximum atomic E-state index is 12.2. The summed E-state index contributed by atoms with van der Waals surface area (Å²) >= 11 is 0. The number of phenols is 1. The number of carboxylic acids is 1. The van der Waals surface area contributed by atoms with E-state index in [0.717, 1.165) is 25.7 Å². The summed E-state index contributed by atoms with van der Waals surface area (Å²) in [4.78, 5) is 23.8. The number of phenolic OH excluding ortho intramolecular Hbond substituents is 1. The van der Waals surface area contributed by atoms with Crippen molar-refractivity contribution in [1.29, 1.82) is 0 Å². The van der Waals surface area contributed by atoms with Crippen LogP contribution in [-0.2, 0) is 9.59 Å². The van der Waals surface area contributed by atoms with Gasteiger partial charge in [-0.2, -0.15) is 0 Å². The fraction of sp³-hybridized carbons (Fsp3) is 0.500. The third-order valence-electron chi connectivity index (χ3n) is 4.16. The predicted octanol–water partition coefficient (Wildman–Crippen LogP) is 3.15. The number of aromatic hydroxyl groups is 1. The summed E-state index contributed by atoms with van der Waals surface area (Å²) in [5.41, 5.74) is -0.371. The van der Waals surface area contributed by atoms with E-state index in [4.69, 9.17) is 0 Å². The van der Waals surface area contributed by atoms with Gasteiger partial charge in [-0.25, -0.2) is 0 Å². The molecule has 1 fully saturated rings. The Kier molecular flexibility index (Phi) is 4.83. The molecule has 21 heavy (non-hydrogen) atoms. The van der Waals surface area contributed by atoms with Crippen molar-refractivity contribution in [3.05, 3.63) is 24.3 Å². The number of aliphatic carboxylic acids is 1. The average molecular weight is 291 g/mol. The summed E-state index contributed by atoms with van der Waals surface area (Å²) < 4.78 is 0. The lowest BCUT2D eigenvalue weighted by Gasteiger charge is -2.27. The van der Waals surface area contributed by atoms with Crippen molar-refractivity contribution < 1.29 is 19.8 Å². The molecule has 0 unspecified atom stereocenters. The normalized spacial score (nSPS) is 17.7. The molecular formula is C16H21NO4. The van der Waals surface area contributed by atoms with Gasteiger partial charge in [0.25, 0.3) is 0 Å². The Balaban J connectivity index is 2.04. The molecule has 1 aromatic carbocycles. The molecule has 0 atom stereocenters. The molecule has 2 rings (SSSR count). The summed E-state index contributed by atoms with van der Waals surface area (Å²) in [5, 5.41) is 21.5. The maximum absolute atomic E-state index is 12.2. The molecule has 0 aromatic heterocycles. The van der Waals surface area contributed by atoms with Crippen LogP contribution < -0.4 is 5.32 Å². The Morgan fingerprint density at radius 2 is 1.62 bits per heavy atom. The van der Waals surface area contributed by atoms with Gasteiger partial charge in [-0.05, 0) is 37.1 Å². The lowest BCUT2D eigenvalue weighted by Crippen LogP contribution is -2.35. The smallest absolute Gasteiger partial charge is 0.310 e. The van der Waals surface area contributed by atoms with Crippen LogP contribution in [0.2, 0.25) is 0 Å². The molecule has 5 heteroatoms. The highest BCUT2D eigenvalue weighted by molar-refractivity contribution is 5.94. The Morgan fingerprint density at radius 1 is 1.05 bits per heavy atom. The van der Waals surface area contributed by atoms with E-state index in [-0.39, 0.29) is 18.1 Å². The first-order valence-electron chi connectivity index (χ1n) is 7.34. The number of carbonyl (C=O) groups is 2. The summed E-state index contributed by atoms with van der Waals surface area (Å²) in [6.07, 6.45) is 4.92. The standard InChI is InChI=1S/C16H21NO4/c18-13-7-5-12(6-8-13)17-14(19)11-16(15(20)21)9-3-1-2-4-10-16/h5-8,18H,1-4,9-11H2,(H,17,19)(H,20,21). The average Bonchev–Trinajstić information content (AvgIpc) is 2.68. The maximum Gasteiger partial charge on any atom is 0.310 e. The van der Waals surface area contributed by atoms with Crippen molar-refractivity contribution in [2.45, 2.75) is 44.9 Å². The van der Waals surface area contributed by atoms with Crippen molar-refractivity contribution >= 4 is 17.6 Å². The molecule has 5 nitrogen and oxygen atoms in total. The number of rotatable bonds is 4. The van der Waals surface area contributed by atoms with Crippen molar-refractivity contribution in [3.63, 3.8) is 0 Å². The number of carbonyl (C=O) groups excluding carboxylic acids is 1. The lowest BCUT2D eigenvalue weighted by molar-refractivity contribution is -0.152. The van der Waals surface area contributed by atoms with Gasteiger partial charge in [0.15, 0.2) is 0 Å². The van der Waals surface area contributed by atoms with Gasteiger partial charge >= 0.3 is 5.97 Å². The summed E-state index contributed by atoms with van der Waals surface area (Å²) in [6, 6.07) is 6.14. The zero-order chi connectivity index (χ0) is 15.3. The SMILES string of the molecule is O=C(CC1(C(=O)O)CCCCCC1)Nc1ccc(O)cc1. The molecule has 1 saturated carbocycles. The van der Waals surface area contributed by atoms with Gasteiger partial charge in [-0.3, -0.25) is 9.59 Å². The quantitative estimate of drug-likeness (QED) is 0.587. The van der Waals surface area contributed by atoms with Crippen LogP contribution in [0, 0.1) is 5.41 Å². The largest absolute Gasteiger partial charge is 0.508 e. The first-order chi connectivity index (χ1) is 10.0. The van der Waals surface area contributed by atoms with Crippen LogP contribution in [0.1, 0.15) is 44.9 Å². The summed E-state index contributed by atoms with van der Waals surface area (Å²) in [7, 11) is 0. The van der Waals surface area contributed by atoms with Gasteiger partial charge < -0.3 is 15.5 Å². The molecule has 114 valence electrons. The molecule has 0 heterocycles. The second-order valence-electron chi connectivity index (χ2n) is 5.77. The van der Waals surface area contributed by atoms with E-state index in [1.165, 1.54) is 12.1 Å².